The topological polar surface area (TPSA) is 208 Å². The number of aliphatic hydroxyl groups is 1. The van der Waals surface area contributed by atoms with Gasteiger partial charge in [0.25, 0.3) is 7.82 Å². The van der Waals surface area contributed by atoms with Gasteiger partial charge in [-0.05, 0) is 6.07 Å². The first kappa shape index (κ1) is 30.6. The Morgan fingerprint density at radius 1 is 1.28 bits per heavy atom. The molecule has 0 amide bonds. The monoisotopic (exact) mass is 476 g/mol. The van der Waals surface area contributed by atoms with E-state index < -0.39 is 40.7 Å². The minimum Gasteiger partial charge on any atom is -0.790 e. The van der Waals surface area contributed by atoms with Crippen molar-refractivity contribution in [3.8, 4) is 0 Å². The van der Waals surface area contributed by atoms with Gasteiger partial charge in [-0.2, -0.15) is 0 Å². The molecule has 3 N–H and O–H groups in total. The van der Waals surface area contributed by atoms with Gasteiger partial charge in [0, 0.05) is 12.6 Å². The van der Waals surface area contributed by atoms with Crippen molar-refractivity contribution in [2.75, 3.05) is 12.3 Å². The summed E-state index contributed by atoms with van der Waals surface area (Å²) in [6, 6.07) is 1.66. The molecule has 3 rings (SSSR count). The number of aromatic nitrogens is 3. The van der Waals surface area contributed by atoms with Crippen molar-refractivity contribution in [2.24, 2.45) is 0 Å². The molecular formula is C11H13N4Na3O9P2. The quantitative estimate of drug-likeness (QED) is 0.294. The molecule has 1 aliphatic heterocycles. The molecule has 2 aromatic heterocycles. The number of nitrogens with two attached hydrogens (primary N) is 1. The first-order valence-electron chi connectivity index (χ1n) is 7.15. The molecule has 13 nitrogen and oxygen atoms in total. The van der Waals surface area contributed by atoms with Gasteiger partial charge < -0.3 is 43.9 Å². The fraction of sp³-hybridized carbons (Fsp3) is 0.455. The maximum Gasteiger partial charge on any atom is 1.00 e. The Morgan fingerprint density at radius 2 is 1.93 bits per heavy atom. The van der Waals surface area contributed by atoms with E-state index in [4.69, 9.17) is 10.5 Å². The summed E-state index contributed by atoms with van der Waals surface area (Å²) in [5, 5.41) is 10.6. The van der Waals surface area contributed by atoms with Gasteiger partial charge in [0.2, 0.25) is 0 Å². The normalized spacial score (nSPS) is 23.5. The van der Waals surface area contributed by atoms with E-state index in [1.54, 1.807) is 16.8 Å². The third-order valence-corrected chi connectivity index (χ3v) is 5.72. The van der Waals surface area contributed by atoms with Crippen LogP contribution in [0.3, 0.4) is 0 Å². The number of hydrogen-bond donors (Lipinski definition) is 2. The van der Waals surface area contributed by atoms with Gasteiger partial charge in [-0.1, -0.05) is 0 Å². The summed E-state index contributed by atoms with van der Waals surface area (Å²) in [6.07, 6.45) is 0.0109. The number of anilines is 1. The van der Waals surface area contributed by atoms with Crippen LogP contribution < -0.4 is 109 Å². The second-order valence-corrected chi connectivity index (χ2v) is 8.12. The zero-order valence-electron chi connectivity index (χ0n) is 15.9. The molecule has 0 aliphatic carbocycles. The number of phosphoric ester groups is 1. The number of phosphoric acid groups is 2. The van der Waals surface area contributed by atoms with Crippen molar-refractivity contribution in [2.45, 2.75) is 24.9 Å². The summed E-state index contributed by atoms with van der Waals surface area (Å²) < 4.78 is 36.4. The summed E-state index contributed by atoms with van der Waals surface area (Å²) in [4.78, 5) is 39.9. The molecule has 1 fully saturated rings. The number of fused-ring (bicyclic) bond motifs is 1. The molecule has 0 radical (unpaired) electrons. The predicted octanol–water partition coefficient (Wildman–Crippen LogP) is -11.0. The van der Waals surface area contributed by atoms with E-state index in [0.29, 0.717) is 11.0 Å². The molecule has 1 aliphatic rings. The van der Waals surface area contributed by atoms with Gasteiger partial charge in [0.15, 0.2) is 0 Å². The van der Waals surface area contributed by atoms with Crippen molar-refractivity contribution in [1.82, 2.24) is 14.5 Å². The van der Waals surface area contributed by atoms with Crippen LogP contribution >= 0.6 is 15.6 Å². The third kappa shape index (κ3) is 8.15. The Labute approximate surface area is 231 Å². The van der Waals surface area contributed by atoms with Crippen LogP contribution in [0.2, 0.25) is 0 Å². The zero-order valence-corrected chi connectivity index (χ0v) is 23.7. The second-order valence-electron chi connectivity index (χ2n) is 5.42. The number of aliphatic hydroxyl groups excluding tert-OH is 1. The number of nitrogens with zero attached hydrogens (tertiary/aromatic N) is 3. The maximum absolute atomic E-state index is 11.3. The number of rotatable bonds is 6. The van der Waals surface area contributed by atoms with Crippen LogP contribution in [0.5, 0.6) is 0 Å². The van der Waals surface area contributed by atoms with Crippen molar-refractivity contribution in [3.63, 3.8) is 0 Å². The molecule has 2 aromatic rings. The Morgan fingerprint density at radius 3 is 2.55 bits per heavy atom. The fourth-order valence-electron chi connectivity index (χ4n) is 2.57. The van der Waals surface area contributed by atoms with Crippen LogP contribution in [-0.2, 0) is 22.7 Å². The Kier molecular flexibility index (Phi) is 12.8. The van der Waals surface area contributed by atoms with E-state index in [1.807, 2.05) is 0 Å². The average Bonchev–Trinajstić information content (AvgIpc) is 3.07. The molecule has 4 atom stereocenters. The summed E-state index contributed by atoms with van der Waals surface area (Å²) >= 11 is 0. The van der Waals surface area contributed by atoms with Crippen LogP contribution in [0.15, 0.2) is 18.6 Å². The smallest absolute Gasteiger partial charge is 0.790 e. The summed E-state index contributed by atoms with van der Waals surface area (Å²) in [7, 11) is -11.2. The molecule has 144 valence electrons. The number of nitrogen functional groups attached to an aromatic ring is 1. The number of hydrogen-bond acceptors (Lipinski definition) is 12. The number of ether oxygens (including phenoxy) is 1. The van der Waals surface area contributed by atoms with Crippen LogP contribution in [0.4, 0.5) is 5.82 Å². The summed E-state index contributed by atoms with van der Waals surface area (Å²) in [6.45, 7) is -0.741. The molecular weight excluding hydrogens is 463 g/mol. The minimum atomic E-state index is -5.78. The zero-order chi connectivity index (χ0) is 19.1. The molecule has 0 saturated carbocycles. The van der Waals surface area contributed by atoms with Gasteiger partial charge >= 0.3 is 88.7 Å². The average molecular weight is 476 g/mol. The molecule has 1 unspecified atom stereocenters. The van der Waals surface area contributed by atoms with E-state index in [-0.39, 0.29) is 101 Å². The Balaban J connectivity index is 0.00000261. The molecule has 29 heavy (non-hydrogen) atoms. The molecule has 0 spiro atoms. The van der Waals surface area contributed by atoms with E-state index in [2.05, 4.69) is 18.8 Å². The fourth-order valence-corrected chi connectivity index (χ4v) is 4.07. The third-order valence-electron chi connectivity index (χ3n) is 3.65. The van der Waals surface area contributed by atoms with Crippen LogP contribution in [0, 0.1) is 0 Å². The standard InChI is InChI=1S/C11H16N4O9P2.3Na/c12-10-6-1-2-15(11(6)14-5-13-10)9-3-7(16)8(23-9)4-22-26(20,21)24-25(17,18)19;;;/h1-2,5,7-9,16H,3-4H2,(H,20,21)(H2,12,13,14)(H2,17,18,19);;;/q;3*+1/p-3/t7-,8+,9+;;;/m0.../s1. The summed E-state index contributed by atoms with van der Waals surface area (Å²) in [5.41, 5.74) is 6.19. The van der Waals surface area contributed by atoms with Crippen molar-refractivity contribution in [1.29, 1.82) is 0 Å². The van der Waals surface area contributed by atoms with Crippen LogP contribution in [0.1, 0.15) is 12.6 Å². The largest absolute Gasteiger partial charge is 1.00 e. The van der Waals surface area contributed by atoms with E-state index >= 15 is 0 Å². The van der Waals surface area contributed by atoms with Crippen LogP contribution in [0.25, 0.3) is 11.0 Å². The van der Waals surface area contributed by atoms with Gasteiger partial charge in [-0.15, -0.1) is 0 Å². The van der Waals surface area contributed by atoms with Gasteiger partial charge in [-0.25, -0.2) is 9.97 Å². The van der Waals surface area contributed by atoms with Crippen LogP contribution in [-0.4, -0.2) is 38.5 Å². The van der Waals surface area contributed by atoms with Gasteiger partial charge in [-0.3, -0.25) is 8.88 Å². The van der Waals surface area contributed by atoms with Gasteiger partial charge in [0.1, 0.15) is 30.1 Å². The first-order chi connectivity index (χ1) is 12.1. The Bertz CT molecular complexity index is 913. The van der Waals surface area contributed by atoms with Crippen molar-refractivity contribution < 1.29 is 131 Å². The molecule has 1 saturated heterocycles. The molecule has 18 heteroatoms. The van der Waals surface area contributed by atoms with E-state index in [9.17, 15) is 28.9 Å². The molecule has 0 aromatic carbocycles. The predicted molar refractivity (Wildman–Crippen MR) is 78.7 cm³/mol. The van der Waals surface area contributed by atoms with Crippen molar-refractivity contribution >= 4 is 32.5 Å². The maximum atomic E-state index is 11.3. The van der Waals surface area contributed by atoms with Gasteiger partial charge in [0.05, 0.1) is 25.9 Å². The van der Waals surface area contributed by atoms with Crippen molar-refractivity contribution in [3.05, 3.63) is 18.6 Å². The summed E-state index contributed by atoms with van der Waals surface area (Å²) in [5.74, 6) is 0.260. The van der Waals surface area contributed by atoms with E-state index in [0.717, 1.165) is 0 Å². The Hall–Kier alpha value is 1.60. The first-order valence-corrected chi connectivity index (χ1v) is 10.1. The SMILES string of the molecule is Nc1ncnc2c1ccn2[C@H]1C[C@H](O)[C@@H](COP(=O)([O-])OP(=O)([O-])[O-])O1.[Na+].[Na+].[Na+]. The molecule has 3 heterocycles. The van der Waals surface area contributed by atoms with E-state index in [1.165, 1.54) is 6.33 Å². The second kappa shape index (κ2) is 12.2. The molecule has 0 bridgehead atoms. The minimum absolute atomic E-state index is 0.